The van der Waals surface area contributed by atoms with Crippen molar-refractivity contribution in [3.63, 3.8) is 0 Å². The van der Waals surface area contributed by atoms with Gasteiger partial charge >= 0.3 is 5.97 Å². The van der Waals surface area contributed by atoms with Crippen molar-refractivity contribution in [1.82, 2.24) is 5.32 Å². The van der Waals surface area contributed by atoms with Crippen LogP contribution in [0.4, 0.5) is 0 Å². The van der Waals surface area contributed by atoms with Crippen LogP contribution in [0.2, 0.25) is 0 Å². The monoisotopic (exact) mass is 277 g/mol. The zero-order chi connectivity index (χ0) is 13.7. The molecule has 0 aliphatic carbocycles. The maximum Gasteiger partial charge on any atom is 0.331 e. The lowest BCUT2D eigenvalue weighted by Crippen LogP contribution is -2.31. The summed E-state index contributed by atoms with van der Waals surface area (Å²) in [6.07, 6.45) is 4.20. The van der Waals surface area contributed by atoms with Gasteiger partial charge in [-0.1, -0.05) is 6.07 Å². The first-order valence-electron chi connectivity index (χ1n) is 5.45. The van der Waals surface area contributed by atoms with Gasteiger partial charge in [-0.05, 0) is 29.7 Å². The van der Waals surface area contributed by atoms with E-state index in [2.05, 4.69) is 5.32 Å². The van der Waals surface area contributed by atoms with E-state index in [-0.39, 0.29) is 0 Å². The van der Waals surface area contributed by atoms with Crippen LogP contribution in [0.5, 0.6) is 0 Å². The van der Waals surface area contributed by atoms with Gasteiger partial charge in [-0.25, -0.2) is 4.79 Å². The van der Waals surface area contributed by atoms with Crippen LogP contribution in [0, 0.1) is 0 Å². The Labute approximate surface area is 113 Å². The third-order valence-corrected chi connectivity index (χ3v) is 3.24. The molecule has 0 aliphatic heterocycles. The molecule has 2 heterocycles. The predicted molar refractivity (Wildman–Crippen MR) is 70.6 cm³/mol. The Bertz CT molecular complexity index is 572. The smallest absolute Gasteiger partial charge is 0.331 e. The first-order valence-corrected chi connectivity index (χ1v) is 6.33. The highest BCUT2D eigenvalue weighted by atomic mass is 32.1. The quantitative estimate of drug-likeness (QED) is 0.822. The fraction of sp³-hybridized carbons (Fsp3) is 0.0769. The van der Waals surface area contributed by atoms with Gasteiger partial charge < -0.3 is 14.8 Å². The van der Waals surface area contributed by atoms with E-state index in [1.165, 1.54) is 29.8 Å². The summed E-state index contributed by atoms with van der Waals surface area (Å²) < 4.78 is 5.03. The van der Waals surface area contributed by atoms with Crippen molar-refractivity contribution in [2.24, 2.45) is 0 Å². The van der Waals surface area contributed by atoms with E-state index in [0.717, 1.165) is 0 Å². The van der Waals surface area contributed by atoms with Crippen molar-refractivity contribution in [1.29, 1.82) is 0 Å². The molecule has 98 valence electrons. The van der Waals surface area contributed by atoms with E-state index >= 15 is 0 Å². The van der Waals surface area contributed by atoms with Gasteiger partial charge in [0.2, 0.25) is 5.91 Å². The maximum absolute atomic E-state index is 11.7. The molecule has 2 N–H and O–H groups in total. The number of thiophene rings is 1. The highest BCUT2D eigenvalue weighted by molar-refractivity contribution is 7.10. The maximum atomic E-state index is 11.7. The predicted octanol–water partition coefficient (Wildman–Crippen LogP) is 2.30. The van der Waals surface area contributed by atoms with Crippen molar-refractivity contribution in [2.45, 2.75) is 6.04 Å². The second-order valence-corrected chi connectivity index (χ2v) is 4.62. The topological polar surface area (TPSA) is 79.5 Å². The molecule has 2 rings (SSSR count). The van der Waals surface area contributed by atoms with E-state index in [4.69, 9.17) is 9.52 Å². The van der Waals surface area contributed by atoms with Crippen LogP contribution in [0.25, 0.3) is 6.08 Å². The molecule has 1 unspecified atom stereocenters. The molecule has 19 heavy (non-hydrogen) atoms. The van der Waals surface area contributed by atoms with E-state index in [9.17, 15) is 9.59 Å². The van der Waals surface area contributed by atoms with Crippen molar-refractivity contribution in [3.8, 4) is 0 Å². The first-order chi connectivity index (χ1) is 9.16. The lowest BCUT2D eigenvalue weighted by atomic mass is 10.2. The minimum Gasteiger partial charge on any atom is -0.479 e. The molecule has 2 aromatic rings. The molecule has 1 atom stereocenters. The van der Waals surface area contributed by atoms with Crippen LogP contribution in [0.3, 0.4) is 0 Å². The third-order valence-electron chi connectivity index (χ3n) is 2.30. The lowest BCUT2D eigenvalue weighted by Gasteiger charge is -2.10. The molecule has 0 spiro atoms. The fourth-order valence-electron chi connectivity index (χ4n) is 1.44. The van der Waals surface area contributed by atoms with Gasteiger partial charge in [0, 0.05) is 11.0 Å². The van der Waals surface area contributed by atoms with Crippen LogP contribution >= 0.6 is 11.3 Å². The molecule has 1 amide bonds. The first kappa shape index (κ1) is 13.1. The minimum atomic E-state index is -1.10. The van der Waals surface area contributed by atoms with Gasteiger partial charge in [-0.2, -0.15) is 0 Å². The molecule has 0 bridgehead atoms. The fourth-order valence-corrected chi connectivity index (χ4v) is 2.21. The number of carboxylic acids is 1. The Kier molecular flexibility index (Phi) is 4.15. The standard InChI is InChI=1S/C13H11NO4S/c15-11(6-5-9-3-1-7-18-9)14-12(13(16)17)10-4-2-8-19-10/h1-8,12H,(H,14,15)(H,16,17)/b6-5+. The summed E-state index contributed by atoms with van der Waals surface area (Å²) in [4.78, 5) is 23.3. The number of carbonyl (C=O) groups excluding carboxylic acids is 1. The van der Waals surface area contributed by atoms with E-state index in [1.54, 1.807) is 29.6 Å². The Balaban J connectivity index is 2.02. The molecule has 0 radical (unpaired) electrons. The van der Waals surface area contributed by atoms with Crippen LogP contribution in [0.1, 0.15) is 16.7 Å². The number of furan rings is 1. The van der Waals surface area contributed by atoms with Crippen LogP contribution in [-0.4, -0.2) is 17.0 Å². The summed E-state index contributed by atoms with van der Waals surface area (Å²) >= 11 is 1.28. The van der Waals surface area contributed by atoms with Crippen molar-refractivity contribution in [2.75, 3.05) is 0 Å². The number of amides is 1. The van der Waals surface area contributed by atoms with Gasteiger partial charge in [0.05, 0.1) is 6.26 Å². The Morgan fingerprint density at radius 3 is 2.79 bits per heavy atom. The summed E-state index contributed by atoms with van der Waals surface area (Å²) in [7, 11) is 0. The Morgan fingerprint density at radius 2 is 2.21 bits per heavy atom. The summed E-state index contributed by atoms with van der Waals surface area (Å²) in [6, 6.07) is 5.76. The number of nitrogens with one attached hydrogen (secondary N) is 1. The molecule has 0 aliphatic rings. The zero-order valence-corrected chi connectivity index (χ0v) is 10.6. The average molecular weight is 277 g/mol. The number of aliphatic carboxylic acids is 1. The highest BCUT2D eigenvalue weighted by Crippen LogP contribution is 2.19. The Morgan fingerprint density at radius 1 is 1.37 bits per heavy atom. The highest BCUT2D eigenvalue weighted by Gasteiger charge is 2.21. The molecule has 6 heteroatoms. The molecule has 0 fully saturated rings. The van der Waals surface area contributed by atoms with Gasteiger partial charge in [-0.3, -0.25) is 4.79 Å². The minimum absolute atomic E-state index is 0.489. The van der Waals surface area contributed by atoms with Gasteiger partial charge in [0.1, 0.15) is 5.76 Å². The summed E-state index contributed by atoms with van der Waals surface area (Å²) in [5.41, 5.74) is 0. The van der Waals surface area contributed by atoms with E-state index in [0.29, 0.717) is 10.6 Å². The van der Waals surface area contributed by atoms with Crippen LogP contribution in [0.15, 0.2) is 46.4 Å². The van der Waals surface area contributed by atoms with Crippen molar-refractivity contribution >= 4 is 29.3 Å². The van der Waals surface area contributed by atoms with Gasteiger partial charge in [0.15, 0.2) is 6.04 Å². The number of carbonyl (C=O) groups is 2. The van der Waals surface area contributed by atoms with E-state index in [1.807, 2.05) is 0 Å². The molecular formula is C13H11NO4S. The van der Waals surface area contributed by atoms with Crippen LogP contribution < -0.4 is 5.32 Å². The summed E-state index contributed by atoms with van der Waals surface area (Å²) in [6.45, 7) is 0. The number of hydrogen-bond donors (Lipinski definition) is 2. The summed E-state index contributed by atoms with van der Waals surface area (Å²) in [5, 5.41) is 13.3. The summed E-state index contributed by atoms with van der Waals surface area (Å²) in [5.74, 6) is -1.06. The molecule has 0 saturated carbocycles. The van der Waals surface area contributed by atoms with Gasteiger partial charge in [-0.15, -0.1) is 11.3 Å². The normalized spacial score (nSPS) is 12.4. The molecule has 2 aromatic heterocycles. The van der Waals surface area contributed by atoms with E-state index < -0.39 is 17.9 Å². The van der Waals surface area contributed by atoms with Gasteiger partial charge in [0.25, 0.3) is 0 Å². The average Bonchev–Trinajstić information content (AvgIpc) is 3.05. The second-order valence-electron chi connectivity index (χ2n) is 3.64. The third kappa shape index (κ3) is 3.56. The number of carboxylic acid groups (broad SMARTS) is 1. The Hall–Kier alpha value is -2.34. The number of rotatable bonds is 5. The second kappa shape index (κ2) is 6.01. The molecule has 0 aromatic carbocycles. The van der Waals surface area contributed by atoms with Crippen molar-refractivity contribution < 1.29 is 19.1 Å². The van der Waals surface area contributed by atoms with Crippen molar-refractivity contribution in [3.05, 3.63) is 52.6 Å². The molecular weight excluding hydrogens is 266 g/mol. The zero-order valence-electron chi connectivity index (χ0n) is 9.78. The molecule has 0 saturated heterocycles. The SMILES string of the molecule is O=C(/C=C/c1ccco1)NC(C(=O)O)c1cccs1. The van der Waals surface area contributed by atoms with Crippen LogP contribution in [-0.2, 0) is 9.59 Å². The lowest BCUT2D eigenvalue weighted by molar-refractivity contribution is -0.141. The number of hydrogen-bond acceptors (Lipinski definition) is 4. The molecule has 5 nitrogen and oxygen atoms in total. The largest absolute Gasteiger partial charge is 0.479 e.